The van der Waals surface area contributed by atoms with Gasteiger partial charge in [-0.3, -0.25) is 4.79 Å². The number of carboxylic acids is 1. The molecule has 0 saturated heterocycles. The molecule has 136 valence electrons. The van der Waals surface area contributed by atoms with Crippen molar-refractivity contribution in [2.45, 2.75) is 66.7 Å². The van der Waals surface area contributed by atoms with Crippen molar-refractivity contribution < 1.29 is 9.90 Å². The van der Waals surface area contributed by atoms with E-state index in [1.807, 2.05) is 0 Å². The van der Waals surface area contributed by atoms with Crippen LogP contribution in [-0.2, 0) is 17.6 Å². The standard InChI is InChI=1S/C21H35NO2/c1-16(13-19(23)24)21(4,5)15-20(2,3)14-18-10-8-17(9-11-18)7-6-12-22/h8-11,16H,6-7,12-15,22H2,1-5H3,(H,23,24). The van der Waals surface area contributed by atoms with Crippen LogP contribution in [0.3, 0.4) is 0 Å². The first kappa shape index (κ1) is 20.7. The molecule has 0 saturated carbocycles. The largest absolute Gasteiger partial charge is 0.481 e. The van der Waals surface area contributed by atoms with Crippen molar-refractivity contribution in [2.24, 2.45) is 22.5 Å². The molecule has 0 heterocycles. The lowest BCUT2D eigenvalue weighted by atomic mass is 9.66. The number of carboxylic acid groups (broad SMARTS) is 1. The van der Waals surface area contributed by atoms with E-state index in [0.717, 1.165) is 32.2 Å². The fraction of sp³-hybridized carbons (Fsp3) is 0.667. The molecular weight excluding hydrogens is 298 g/mol. The van der Waals surface area contributed by atoms with E-state index in [1.54, 1.807) is 0 Å². The van der Waals surface area contributed by atoms with Crippen LogP contribution in [0.1, 0.15) is 65.0 Å². The zero-order valence-electron chi connectivity index (χ0n) is 16.1. The maximum absolute atomic E-state index is 11.0. The van der Waals surface area contributed by atoms with Crippen LogP contribution in [0, 0.1) is 16.7 Å². The lowest BCUT2D eigenvalue weighted by molar-refractivity contribution is -0.139. The summed E-state index contributed by atoms with van der Waals surface area (Å²) in [5.74, 6) is -0.547. The van der Waals surface area contributed by atoms with Crippen LogP contribution in [-0.4, -0.2) is 17.6 Å². The van der Waals surface area contributed by atoms with E-state index in [1.165, 1.54) is 11.1 Å². The predicted molar refractivity (Wildman–Crippen MR) is 101 cm³/mol. The first-order chi connectivity index (χ1) is 11.1. The minimum atomic E-state index is -0.707. The number of carbonyl (C=O) groups is 1. The van der Waals surface area contributed by atoms with E-state index >= 15 is 0 Å². The number of hydrogen-bond acceptors (Lipinski definition) is 2. The summed E-state index contributed by atoms with van der Waals surface area (Å²) in [6.45, 7) is 11.7. The van der Waals surface area contributed by atoms with Gasteiger partial charge >= 0.3 is 5.97 Å². The highest BCUT2D eigenvalue weighted by Crippen LogP contribution is 2.42. The summed E-state index contributed by atoms with van der Waals surface area (Å²) < 4.78 is 0. The highest BCUT2D eigenvalue weighted by atomic mass is 16.4. The molecule has 3 N–H and O–H groups in total. The summed E-state index contributed by atoms with van der Waals surface area (Å²) in [6, 6.07) is 8.86. The maximum atomic E-state index is 11.0. The molecule has 0 fully saturated rings. The molecule has 0 bridgehead atoms. The van der Waals surface area contributed by atoms with Gasteiger partial charge in [-0.1, -0.05) is 58.9 Å². The second-order valence-electron chi connectivity index (χ2n) is 8.71. The van der Waals surface area contributed by atoms with Crippen LogP contribution in [0.4, 0.5) is 0 Å². The van der Waals surface area contributed by atoms with Crippen molar-refractivity contribution in [1.29, 1.82) is 0 Å². The molecular formula is C21H35NO2. The van der Waals surface area contributed by atoms with Crippen molar-refractivity contribution >= 4 is 5.97 Å². The molecule has 0 aliphatic rings. The molecule has 1 aromatic rings. The number of benzene rings is 1. The Bertz CT molecular complexity index is 517. The van der Waals surface area contributed by atoms with Crippen LogP contribution in [0.2, 0.25) is 0 Å². The molecule has 0 aliphatic heterocycles. The summed E-state index contributed by atoms with van der Waals surface area (Å²) in [5.41, 5.74) is 8.39. The number of aliphatic carboxylic acids is 1. The SMILES string of the molecule is CC(CC(=O)O)C(C)(C)CC(C)(C)Cc1ccc(CCCN)cc1. The predicted octanol–water partition coefficient (Wildman–Crippen LogP) is 4.67. The third-order valence-corrected chi connectivity index (χ3v) is 5.12. The van der Waals surface area contributed by atoms with Gasteiger partial charge in [0.2, 0.25) is 0 Å². The lowest BCUT2D eigenvalue weighted by Crippen LogP contribution is -2.31. The highest BCUT2D eigenvalue weighted by Gasteiger charge is 2.34. The third-order valence-electron chi connectivity index (χ3n) is 5.12. The van der Waals surface area contributed by atoms with Crippen molar-refractivity contribution in [3.63, 3.8) is 0 Å². The summed E-state index contributed by atoms with van der Waals surface area (Å²) in [7, 11) is 0. The molecule has 0 radical (unpaired) electrons. The van der Waals surface area contributed by atoms with Gasteiger partial charge in [0.15, 0.2) is 0 Å². The van der Waals surface area contributed by atoms with E-state index in [-0.39, 0.29) is 23.2 Å². The second kappa shape index (κ2) is 8.66. The van der Waals surface area contributed by atoms with E-state index in [2.05, 4.69) is 58.9 Å². The number of nitrogens with two attached hydrogens (primary N) is 1. The summed E-state index contributed by atoms with van der Waals surface area (Å²) >= 11 is 0. The lowest BCUT2D eigenvalue weighted by Gasteiger charge is -2.39. The van der Waals surface area contributed by atoms with Crippen molar-refractivity contribution in [3.8, 4) is 0 Å². The monoisotopic (exact) mass is 333 g/mol. The molecule has 1 unspecified atom stereocenters. The van der Waals surface area contributed by atoms with Gasteiger partial charge < -0.3 is 10.8 Å². The minimum absolute atomic E-state index is 0.00293. The van der Waals surface area contributed by atoms with Crippen LogP contribution in [0.5, 0.6) is 0 Å². The van der Waals surface area contributed by atoms with E-state index in [4.69, 9.17) is 10.8 Å². The van der Waals surface area contributed by atoms with Gasteiger partial charge in [-0.25, -0.2) is 0 Å². The van der Waals surface area contributed by atoms with Crippen LogP contribution < -0.4 is 5.73 Å². The Kier molecular flexibility index (Phi) is 7.47. The number of rotatable bonds is 10. The summed E-state index contributed by atoms with van der Waals surface area (Å²) in [6.07, 6.45) is 4.32. The fourth-order valence-electron chi connectivity index (χ4n) is 3.69. The first-order valence-corrected chi connectivity index (χ1v) is 9.05. The van der Waals surface area contributed by atoms with Gasteiger partial charge in [0.05, 0.1) is 0 Å². The first-order valence-electron chi connectivity index (χ1n) is 9.05. The average molecular weight is 334 g/mol. The minimum Gasteiger partial charge on any atom is -0.481 e. The van der Waals surface area contributed by atoms with Gasteiger partial charge in [-0.15, -0.1) is 0 Å². The second-order valence-corrected chi connectivity index (χ2v) is 8.71. The molecule has 1 rings (SSSR count). The van der Waals surface area contributed by atoms with Gasteiger partial charge in [0, 0.05) is 6.42 Å². The van der Waals surface area contributed by atoms with Crippen molar-refractivity contribution in [3.05, 3.63) is 35.4 Å². The summed E-state index contributed by atoms with van der Waals surface area (Å²) in [4.78, 5) is 11.0. The molecule has 0 spiro atoms. The van der Waals surface area contributed by atoms with E-state index in [0.29, 0.717) is 0 Å². The quantitative estimate of drug-likeness (QED) is 0.654. The molecule has 24 heavy (non-hydrogen) atoms. The Morgan fingerprint density at radius 3 is 2.17 bits per heavy atom. The molecule has 3 heteroatoms. The topological polar surface area (TPSA) is 63.3 Å². The number of aryl methyl sites for hydroxylation is 1. The average Bonchev–Trinajstić information content (AvgIpc) is 2.44. The molecule has 1 aromatic carbocycles. The normalized spacial score (nSPS) is 13.8. The van der Waals surface area contributed by atoms with Crippen LogP contribution in [0.15, 0.2) is 24.3 Å². The number of hydrogen-bond donors (Lipinski definition) is 2. The highest BCUT2D eigenvalue weighted by molar-refractivity contribution is 5.67. The smallest absolute Gasteiger partial charge is 0.303 e. The van der Waals surface area contributed by atoms with Gasteiger partial charge in [0.25, 0.3) is 0 Å². The Morgan fingerprint density at radius 1 is 1.12 bits per heavy atom. The van der Waals surface area contributed by atoms with Gasteiger partial charge in [0.1, 0.15) is 0 Å². The maximum Gasteiger partial charge on any atom is 0.303 e. The molecule has 3 nitrogen and oxygen atoms in total. The Morgan fingerprint density at radius 2 is 1.67 bits per heavy atom. The Hall–Kier alpha value is -1.35. The Labute approximate surface area is 147 Å². The van der Waals surface area contributed by atoms with Crippen LogP contribution in [0.25, 0.3) is 0 Å². The van der Waals surface area contributed by atoms with E-state index in [9.17, 15) is 4.79 Å². The van der Waals surface area contributed by atoms with Crippen LogP contribution >= 0.6 is 0 Å². The zero-order chi connectivity index (χ0) is 18.4. The third kappa shape index (κ3) is 7.04. The zero-order valence-corrected chi connectivity index (χ0v) is 16.1. The Balaban J connectivity index is 2.69. The molecule has 0 aliphatic carbocycles. The molecule has 0 aromatic heterocycles. The van der Waals surface area contributed by atoms with E-state index < -0.39 is 5.97 Å². The summed E-state index contributed by atoms with van der Waals surface area (Å²) in [5, 5.41) is 9.06. The van der Waals surface area contributed by atoms with Gasteiger partial charge in [-0.05, 0) is 60.1 Å². The van der Waals surface area contributed by atoms with Gasteiger partial charge in [-0.2, -0.15) is 0 Å². The molecule has 0 amide bonds. The molecule has 1 atom stereocenters. The fourth-order valence-corrected chi connectivity index (χ4v) is 3.69. The van der Waals surface area contributed by atoms with Crippen molar-refractivity contribution in [1.82, 2.24) is 0 Å². The van der Waals surface area contributed by atoms with Crippen molar-refractivity contribution in [2.75, 3.05) is 6.54 Å².